The molecule has 2 aliphatic rings. The zero-order valence-electron chi connectivity index (χ0n) is 28.7. The van der Waals surface area contributed by atoms with Crippen molar-refractivity contribution in [2.24, 2.45) is 0 Å². The molecule has 0 radical (unpaired) electrons. The quantitative estimate of drug-likeness (QED) is 0.232. The maximum Gasteiger partial charge on any atom is 0.288 e. The highest BCUT2D eigenvalue weighted by Gasteiger charge is 2.29. The fourth-order valence-corrected chi connectivity index (χ4v) is 6.80. The molecule has 3 aromatic heterocycles. The number of imidazole rings is 1. The Bertz CT molecular complexity index is 1760. The van der Waals surface area contributed by atoms with Crippen molar-refractivity contribution in [3.63, 3.8) is 0 Å². The largest absolute Gasteiger partial charge is 0.369 e. The topological polar surface area (TPSA) is 122 Å². The number of anilines is 2. The van der Waals surface area contributed by atoms with Crippen LogP contribution in [0, 0.1) is 11.3 Å². The van der Waals surface area contributed by atoms with E-state index >= 15 is 0 Å². The summed E-state index contributed by atoms with van der Waals surface area (Å²) in [5, 5.41) is 11.7. The Morgan fingerprint density at radius 1 is 1.04 bits per heavy atom. The zero-order valence-corrected chi connectivity index (χ0v) is 28.7. The minimum atomic E-state index is -0.331. The third-order valence-corrected chi connectivity index (χ3v) is 9.52. The molecule has 12 nitrogen and oxygen atoms in total. The summed E-state index contributed by atoms with van der Waals surface area (Å²) < 4.78 is 1.97. The molecular formula is C36H47N11O. The number of nitrogens with zero attached hydrogens (tertiary/aromatic N) is 10. The van der Waals surface area contributed by atoms with E-state index in [1.54, 1.807) is 12.4 Å². The fraction of sp³-hybridized carbons (Fsp3) is 0.500. The van der Waals surface area contributed by atoms with Crippen LogP contribution in [0.15, 0.2) is 42.7 Å². The van der Waals surface area contributed by atoms with Crippen LogP contribution in [-0.2, 0) is 13.0 Å². The number of hydrogen-bond acceptors (Lipinski definition) is 10. The van der Waals surface area contributed by atoms with Crippen LogP contribution in [0.25, 0.3) is 22.4 Å². The number of likely N-dealkylation sites (N-methyl/N-ethyl adjacent to an activating group) is 1. The average molecular weight is 650 g/mol. The van der Waals surface area contributed by atoms with Crippen molar-refractivity contribution in [1.29, 1.82) is 5.26 Å². The molecule has 0 bridgehead atoms. The lowest BCUT2D eigenvalue weighted by molar-refractivity contribution is 0.0936. The zero-order chi connectivity index (χ0) is 33.6. The molecule has 0 spiro atoms. The van der Waals surface area contributed by atoms with Crippen molar-refractivity contribution in [1.82, 2.24) is 39.7 Å². The minimum Gasteiger partial charge on any atom is -0.369 e. The summed E-state index contributed by atoms with van der Waals surface area (Å²) in [7, 11) is 6.26. The van der Waals surface area contributed by atoms with Gasteiger partial charge in [0.05, 0.1) is 18.1 Å². The number of carbonyl (C=O) groups excluding carboxylic acids is 1. The Morgan fingerprint density at radius 3 is 2.56 bits per heavy atom. The van der Waals surface area contributed by atoms with Crippen molar-refractivity contribution in [2.45, 2.75) is 64.5 Å². The molecule has 1 aliphatic carbocycles. The van der Waals surface area contributed by atoms with Gasteiger partial charge >= 0.3 is 0 Å². The number of hydrogen-bond donors (Lipinski definition) is 1. The van der Waals surface area contributed by atoms with E-state index in [4.69, 9.17) is 9.97 Å². The van der Waals surface area contributed by atoms with Crippen molar-refractivity contribution in [2.75, 3.05) is 63.8 Å². The second-order valence-corrected chi connectivity index (χ2v) is 13.2. The minimum absolute atomic E-state index is 0.00338. The van der Waals surface area contributed by atoms with E-state index in [2.05, 4.69) is 68.3 Å². The van der Waals surface area contributed by atoms with Gasteiger partial charge in [-0.2, -0.15) is 15.2 Å². The number of benzene rings is 1. The van der Waals surface area contributed by atoms with Crippen LogP contribution in [0.1, 0.15) is 67.3 Å². The van der Waals surface area contributed by atoms with Gasteiger partial charge in [-0.3, -0.25) is 15.2 Å². The molecule has 252 valence electrons. The Hall–Kier alpha value is -4.60. The van der Waals surface area contributed by atoms with Crippen molar-refractivity contribution in [3.8, 4) is 17.3 Å². The van der Waals surface area contributed by atoms with Gasteiger partial charge in [0, 0.05) is 44.0 Å². The molecule has 1 N–H and O–H groups in total. The van der Waals surface area contributed by atoms with Crippen molar-refractivity contribution in [3.05, 3.63) is 59.8 Å². The molecule has 12 heteroatoms. The summed E-state index contributed by atoms with van der Waals surface area (Å²) in [6.07, 6.45) is 8.61. The standard InChI is InChI=1S/C36H47N11O/c1-5-26-23-27(15-16-31(26)45-21-19-44(4)20-22-45)29-13-9-14-30(39-29)36(48)42-47(28-11-7-6-8-12-28)35-33-34(40-32(24-37)41-35)46(25-38-33)18-10-17-43(2)3/h9,13-16,23,25,28H,5-8,10-12,17-22H2,1-4H3,(H,42,48). The van der Waals surface area contributed by atoms with Crippen LogP contribution in [-0.4, -0.2) is 100 Å². The van der Waals surface area contributed by atoms with Gasteiger partial charge in [-0.05, 0) is 83.2 Å². The molecular weight excluding hydrogens is 602 g/mol. The summed E-state index contributed by atoms with van der Waals surface area (Å²) in [5.41, 5.74) is 8.92. The molecule has 4 heterocycles. The monoisotopic (exact) mass is 649 g/mol. The van der Waals surface area contributed by atoms with Crippen molar-refractivity contribution < 1.29 is 4.79 Å². The average Bonchev–Trinajstić information content (AvgIpc) is 3.53. The first-order valence-corrected chi connectivity index (χ1v) is 17.3. The number of piperazine rings is 1. The first kappa shape index (κ1) is 33.3. The number of nitriles is 1. The van der Waals surface area contributed by atoms with Gasteiger partial charge in [0.25, 0.3) is 5.91 Å². The molecule has 2 fully saturated rings. The third kappa shape index (κ3) is 7.42. The van der Waals surface area contributed by atoms with E-state index in [-0.39, 0.29) is 17.8 Å². The predicted octanol–water partition coefficient (Wildman–Crippen LogP) is 4.51. The SMILES string of the molecule is CCc1cc(-c2cccc(C(=O)NN(c3nc(C#N)nc4c3ncn4CCCN(C)C)C3CCCCC3)n2)ccc1N1CCN(C)CC1. The normalized spacial score (nSPS) is 16.0. The Morgan fingerprint density at radius 2 is 1.83 bits per heavy atom. The molecule has 1 amide bonds. The molecule has 0 unspecified atom stereocenters. The first-order valence-electron chi connectivity index (χ1n) is 17.3. The van der Waals surface area contributed by atoms with Gasteiger partial charge in [0.15, 0.2) is 17.0 Å². The maximum absolute atomic E-state index is 14.0. The van der Waals surface area contributed by atoms with E-state index in [9.17, 15) is 10.1 Å². The van der Waals surface area contributed by atoms with E-state index in [1.165, 1.54) is 11.3 Å². The van der Waals surface area contributed by atoms with Gasteiger partial charge in [-0.1, -0.05) is 38.3 Å². The molecule has 1 aromatic carbocycles. The number of pyridine rings is 1. The van der Waals surface area contributed by atoms with Gasteiger partial charge < -0.3 is 19.3 Å². The Balaban J connectivity index is 1.29. The van der Waals surface area contributed by atoms with Crippen LogP contribution < -0.4 is 15.3 Å². The summed E-state index contributed by atoms with van der Waals surface area (Å²) in [4.78, 5) is 39.7. The lowest BCUT2D eigenvalue weighted by Crippen LogP contribution is -2.50. The third-order valence-electron chi connectivity index (χ3n) is 9.52. The second-order valence-electron chi connectivity index (χ2n) is 13.2. The number of aromatic nitrogens is 5. The van der Waals surface area contributed by atoms with Gasteiger partial charge in [-0.25, -0.2) is 9.97 Å². The summed E-state index contributed by atoms with van der Waals surface area (Å²) in [6.45, 7) is 7.94. The van der Waals surface area contributed by atoms with Crippen LogP contribution in [0.5, 0.6) is 0 Å². The highest BCUT2D eigenvalue weighted by Crippen LogP contribution is 2.31. The van der Waals surface area contributed by atoms with E-state index in [1.807, 2.05) is 35.8 Å². The molecule has 48 heavy (non-hydrogen) atoms. The summed E-state index contributed by atoms with van der Waals surface area (Å²) >= 11 is 0. The number of hydrazine groups is 1. The second kappa shape index (κ2) is 15.1. The molecule has 4 aromatic rings. The Kier molecular flexibility index (Phi) is 10.5. The van der Waals surface area contributed by atoms with Gasteiger partial charge in [0.1, 0.15) is 11.8 Å². The van der Waals surface area contributed by atoms with Crippen LogP contribution in [0.2, 0.25) is 0 Å². The van der Waals surface area contributed by atoms with E-state index in [0.717, 1.165) is 88.9 Å². The first-order chi connectivity index (χ1) is 23.3. The predicted molar refractivity (Wildman–Crippen MR) is 189 cm³/mol. The number of rotatable bonds is 11. The van der Waals surface area contributed by atoms with Crippen molar-refractivity contribution >= 4 is 28.6 Å². The number of carbonyl (C=O) groups is 1. The van der Waals surface area contributed by atoms with E-state index in [0.29, 0.717) is 29.2 Å². The molecule has 1 aliphatic heterocycles. The van der Waals surface area contributed by atoms with Gasteiger partial charge in [-0.15, -0.1) is 0 Å². The lowest BCUT2D eigenvalue weighted by atomic mass is 9.95. The van der Waals surface area contributed by atoms with E-state index < -0.39 is 0 Å². The maximum atomic E-state index is 14.0. The molecule has 6 rings (SSSR count). The van der Waals surface area contributed by atoms with Crippen LogP contribution in [0.3, 0.4) is 0 Å². The highest BCUT2D eigenvalue weighted by molar-refractivity contribution is 5.95. The summed E-state index contributed by atoms with van der Waals surface area (Å²) in [5.74, 6) is 0.170. The highest BCUT2D eigenvalue weighted by atomic mass is 16.2. The summed E-state index contributed by atoms with van der Waals surface area (Å²) in [6, 6.07) is 14.2. The number of nitrogens with one attached hydrogen (secondary N) is 1. The fourth-order valence-electron chi connectivity index (χ4n) is 6.80. The number of aryl methyl sites for hydroxylation is 2. The molecule has 1 saturated heterocycles. The molecule has 1 saturated carbocycles. The van der Waals surface area contributed by atoms with Gasteiger partial charge in [0.2, 0.25) is 5.82 Å². The van der Waals surface area contributed by atoms with Crippen LogP contribution in [0.4, 0.5) is 11.5 Å². The lowest BCUT2D eigenvalue weighted by Gasteiger charge is -2.35. The molecule has 0 atom stereocenters. The Labute approximate surface area is 283 Å². The number of amides is 1. The smallest absolute Gasteiger partial charge is 0.288 e. The number of fused-ring (bicyclic) bond motifs is 1. The van der Waals surface area contributed by atoms with Crippen LogP contribution >= 0.6 is 0 Å².